The Hall–Kier alpha value is -1.06. The molecule has 4 atom stereocenters. The standard InChI is InChI=1S/C33H64O4/c1-7-11-23-29(9-3)26-33(6,32(36)37-27-30(10-4)24-12-8-2)28(5)22-20-18-16-14-13-15-17-19-21-25-31(34)35/h28-30H,7-27H2,1-6H3,(H,34,35). The van der Waals surface area contributed by atoms with Crippen LogP contribution < -0.4 is 0 Å². The largest absolute Gasteiger partial charge is 0.481 e. The SMILES string of the molecule is CCCCC(CC)COC(=O)C(C)(CC(CC)CCCC)C(C)CCCCCCCCCCCC(=O)O. The van der Waals surface area contributed by atoms with Crippen LogP contribution in [-0.4, -0.2) is 23.7 Å². The molecule has 0 fully saturated rings. The van der Waals surface area contributed by atoms with Gasteiger partial charge in [-0.25, -0.2) is 0 Å². The molecule has 4 unspecified atom stereocenters. The maximum Gasteiger partial charge on any atom is 0.312 e. The molecule has 0 aromatic carbocycles. The molecule has 0 aliphatic heterocycles. The van der Waals surface area contributed by atoms with Crippen molar-refractivity contribution in [2.24, 2.45) is 23.2 Å². The Labute approximate surface area is 231 Å². The zero-order chi connectivity index (χ0) is 27.9. The molecule has 0 aliphatic carbocycles. The van der Waals surface area contributed by atoms with Gasteiger partial charge < -0.3 is 9.84 Å². The number of unbranched alkanes of at least 4 members (excludes halogenated alkanes) is 10. The van der Waals surface area contributed by atoms with Gasteiger partial charge in [0, 0.05) is 6.42 Å². The van der Waals surface area contributed by atoms with Crippen molar-refractivity contribution in [2.75, 3.05) is 6.61 Å². The molecule has 0 rings (SSSR count). The number of carboxylic acids is 1. The van der Waals surface area contributed by atoms with Crippen molar-refractivity contribution < 1.29 is 19.4 Å². The van der Waals surface area contributed by atoms with E-state index in [1.807, 2.05) is 0 Å². The first-order valence-corrected chi connectivity index (χ1v) is 16.1. The van der Waals surface area contributed by atoms with E-state index in [1.165, 1.54) is 70.6 Å². The first-order valence-electron chi connectivity index (χ1n) is 16.1. The van der Waals surface area contributed by atoms with Gasteiger partial charge in [0.25, 0.3) is 0 Å². The first kappa shape index (κ1) is 35.9. The summed E-state index contributed by atoms with van der Waals surface area (Å²) in [5.41, 5.74) is -0.395. The molecule has 4 heteroatoms. The van der Waals surface area contributed by atoms with Crippen LogP contribution in [0.25, 0.3) is 0 Å². The minimum atomic E-state index is -0.679. The average Bonchev–Trinajstić information content (AvgIpc) is 2.88. The number of carbonyl (C=O) groups excluding carboxylic acids is 1. The average molecular weight is 525 g/mol. The molecule has 0 heterocycles. The normalized spacial score (nSPS) is 15.6. The van der Waals surface area contributed by atoms with Crippen LogP contribution in [0.1, 0.15) is 170 Å². The minimum Gasteiger partial charge on any atom is -0.481 e. The number of carboxylic acid groups (broad SMARTS) is 1. The summed E-state index contributed by atoms with van der Waals surface area (Å²) in [6.07, 6.45) is 22.2. The van der Waals surface area contributed by atoms with Crippen LogP contribution in [0.4, 0.5) is 0 Å². The highest BCUT2D eigenvalue weighted by Gasteiger charge is 2.41. The van der Waals surface area contributed by atoms with Gasteiger partial charge in [0.15, 0.2) is 0 Å². The second-order valence-electron chi connectivity index (χ2n) is 12.1. The molecular formula is C33H64O4. The number of hydrogen-bond donors (Lipinski definition) is 1. The van der Waals surface area contributed by atoms with Crippen LogP contribution in [0.3, 0.4) is 0 Å². The lowest BCUT2D eigenvalue weighted by atomic mass is 9.69. The minimum absolute atomic E-state index is 0.0489. The summed E-state index contributed by atoms with van der Waals surface area (Å²) in [6.45, 7) is 14.0. The molecular weight excluding hydrogens is 460 g/mol. The lowest BCUT2D eigenvalue weighted by Gasteiger charge is -2.37. The molecule has 4 nitrogen and oxygen atoms in total. The quantitative estimate of drug-likeness (QED) is 0.0902. The van der Waals surface area contributed by atoms with E-state index in [0.29, 0.717) is 30.8 Å². The van der Waals surface area contributed by atoms with E-state index in [0.717, 1.165) is 51.4 Å². The molecule has 220 valence electrons. The highest BCUT2D eigenvalue weighted by Crippen LogP contribution is 2.41. The Bertz CT molecular complexity index is 561. The Morgan fingerprint density at radius 1 is 0.703 bits per heavy atom. The van der Waals surface area contributed by atoms with Crippen LogP contribution in [0.2, 0.25) is 0 Å². The summed E-state index contributed by atoms with van der Waals surface area (Å²) < 4.78 is 6.07. The summed E-state index contributed by atoms with van der Waals surface area (Å²) >= 11 is 0. The van der Waals surface area contributed by atoms with Crippen molar-refractivity contribution in [3.05, 3.63) is 0 Å². The van der Waals surface area contributed by atoms with Gasteiger partial charge in [0.05, 0.1) is 12.0 Å². The molecule has 0 radical (unpaired) electrons. The van der Waals surface area contributed by atoms with E-state index in [9.17, 15) is 9.59 Å². The van der Waals surface area contributed by atoms with Crippen molar-refractivity contribution in [2.45, 2.75) is 170 Å². The Balaban J connectivity index is 4.72. The van der Waals surface area contributed by atoms with E-state index in [1.54, 1.807) is 0 Å². The maximum absolute atomic E-state index is 13.6. The third kappa shape index (κ3) is 17.2. The number of rotatable bonds is 26. The highest BCUT2D eigenvalue weighted by molar-refractivity contribution is 5.76. The van der Waals surface area contributed by atoms with Crippen molar-refractivity contribution in [3.63, 3.8) is 0 Å². The smallest absolute Gasteiger partial charge is 0.312 e. The second kappa shape index (κ2) is 22.9. The van der Waals surface area contributed by atoms with E-state index in [-0.39, 0.29) is 5.97 Å². The molecule has 0 saturated heterocycles. The predicted octanol–water partition coefficient (Wildman–Crippen LogP) is 10.4. The van der Waals surface area contributed by atoms with E-state index >= 15 is 0 Å². The summed E-state index contributed by atoms with van der Waals surface area (Å²) in [7, 11) is 0. The van der Waals surface area contributed by atoms with Crippen LogP contribution in [0.5, 0.6) is 0 Å². The Morgan fingerprint density at radius 2 is 1.19 bits per heavy atom. The third-order valence-corrected chi connectivity index (χ3v) is 8.83. The van der Waals surface area contributed by atoms with E-state index in [2.05, 4.69) is 41.5 Å². The third-order valence-electron chi connectivity index (χ3n) is 8.83. The monoisotopic (exact) mass is 524 g/mol. The summed E-state index contributed by atoms with van der Waals surface area (Å²) in [6, 6.07) is 0. The molecule has 0 spiro atoms. The molecule has 1 N–H and O–H groups in total. The van der Waals surface area contributed by atoms with Crippen molar-refractivity contribution in [1.82, 2.24) is 0 Å². The van der Waals surface area contributed by atoms with Crippen LogP contribution in [0.15, 0.2) is 0 Å². The molecule has 37 heavy (non-hydrogen) atoms. The molecule has 0 aromatic rings. The van der Waals surface area contributed by atoms with Crippen LogP contribution in [-0.2, 0) is 14.3 Å². The van der Waals surface area contributed by atoms with Gasteiger partial charge in [-0.05, 0) is 50.4 Å². The fourth-order valence-corrected chi connectivity index (χ4v) is 5.57. The number of ether oxygens (including phenoxy) is 1. The number of carbonyl (C=O) groups is 2. The van der Waals surface area contributed by atoms with Gasteiger partial charge in [-0.1, -0.05) is 131 Å². The van der Waals surface area contributed by atoms with Crippen molar-refractivity contribution >= 4 is 11.9 Å². The maximum atomic E-state index is 13.6. The van der Waals surface area contributed by atoms with Gasteiger partial charge in [-0.3, -0.25) is 9.59 Å². The van der Waals surface area contributed by atoms with E-state index < -0.39 is 11.4 Å². The zero-order valence-electron chi connectivity index (χ0n) is 25.8. The van der Waals surface area contributed by atoms with Gasteiger partial charge in [-0.2, -0.15) is 0 Å². The molecule has 0 bridgehead atoms. The molecule has 0 aromatic heterocycles. The first-order chi connectivity index (χ1) is 17.7. The molecule has 0 saturated carbocycles. The van der Waals surface area contributed by atoms with Crippen LogP contribution in [0, 0.1) is 23.2 Å². The van der Waals surface area contributed by atoms with Crippen molar-refractivity contribution in [1.29, 1.82) is 0 Å². The second-order valence-corrected chi connectivity index (χ2v) is 12.1. The lowest BCUT2D eigenvalue weighted by Crippen LogP contribution is -2.39. The number of esters is 1. The topological polar surface area (TPSA) is 63.6 Å². The summed E-state index contributed by atoms with van der Waals surface area (Å²) in [5, 5.41) is 8.71. The van der Waals surface area contributed by atoms with Gasteiger partial charge in [0.1, 0.15) is 0 Å². The Morgan fingerprint density at radius 3 is 1.68 bits per heavy atom. The lowest BCUT2D eigenvalue weighted by molar-refractivity contribution is -0.161. The van der Waals surface area contributed by atoms with Crippen molar-refractivity contribution in [3.8, 4) is 0 Å². The number of hydrogen-bond acceptors (Lipinski definition) is 3. The fraction of sp³-hybridized carbons (Fsp3) is 0.939. The van der Waals surface area contributed by atoms with Gasteiger partial charge >= 0.3 is 11.9 Å². The van der Waals surface area contributed by atoms with Gasteiger partial charge in [-0.15, -0.1) is 0 Å². The molecule has 0 aliphatic rings. The fourth-order valence-electron chi connectivity index (χ4n) is 5.57. The Kier molecular flexibility index (Phi) is 22.2. The number of aliphatic carboxylic acids is 1. The predicted molar refractivity (Wildman–Crippen MR) is 158 cm³/mol. The van der Waals surface area contributed by atoms with Crippen LogP contribution >= 0.6 is 0 Å². The summed E-state index contributed by atoms with van der Waals surface area (Å²) in [4.78, 5) is 24.2. The highest BCUT2D eigenvalue weighted by atomic mass is 16.5. The van der Waals surface area contributed by atoms with E-state index in [4.69, 9.17) is 9.84 Å². The summed E-state index contributed by atoms with van der Waals surface area (Å²) in [5.74, 6) is 0.788. The van der Waals surface area contributed by atoms with Gasteiger partial charge in [0.2, 0.25) is 0 Å². The molecule has 0 amide bonds. The zero-order valence-corrected chi connectivity index (χ0v) is 25.8.